The second kappa shape index (κ2) is 4.75. The van der Waals surface area contributed by atoms with Gasteiger partial charge in [0.05, 0.1) is 12.0 Å². The maximum atomic E-state index is 12.4. The highest BCUT2D eigenvalue weighted by Gasteiger charge is 2.32. The first-order valence-corrected chi connectivity index (χ1v) is 5.12. The summed E-state index contributed by atoms with van der Waals surface area (Å²) in [6, 6.07) is 0. The summed E-state index contributed by atoms with van der Waals surface area (Å²) in [5.41, 5.74) is -0.585. The highest BCUT2D eigenvalue weighted by Crippen LogP contribution is 2.21. The van der Waals surface area contributed by atoms with E-state index in [4.69, 9.17) is 4.74 Å². The lowest BCUT2D eigenvalue weighted by atomic mass is 9.91. The predicted molar refractivity (Wildman–Crippen MR) is 56.3 cm³/mol. The number of hydrogen-bond acceptors (Lipinski definition) is 2. The van der Waals surface area contributed by atoms with Gasteiger partial charge in [-0.2, -0.15) is 0 Å². The number of nitrogens with zero attached hydrogens (tertiary/aromatic N) is 1. The minimum Gasteiger partial charge on any atom is -0.372 e. The van der Waals surface area contributed by atoms with Gasteiger partial charge in [-0.1, -0.05) is 6.08 Å². The van der Waals surface area contributed by atoms with Crippen LogP contribution in [-0.4, -0.2) is 43.3 Å². The van der Waals surface area contributed by atoms with Crippen molar-refractivity contribution < 1.29 is 13.9 Å². The summed E-state index contributed by atoms with van der Waals surface area (Å²) in [4.78, 5) is 13.6. The van der Waals surface area contributed by atoms with Crippen LogP contribution in [-0.2, 0) is 9.53 Å². The Hall–Kier alpha value is -0.900. The van der Waals surface area contributed by atoms with Crippen LogP contribution in [0, 0.1) is 5.41 Å². The van der Waals surface area contributed by atoms with E-state index in [2.05, 4.69) is 6.58 Å². The fourth-order valence-corrected chi connectivity index (χ4v) is 1.49. The normalized spacial score (nSPS) is 22.6. The third-order valence-electron chi connectivity index (χ3n) is 2.66. The van der Waals surface area contributed by atoms with E-state index in [0.717, 1.165) is 0 Å². The van der Waals surface area contributed by atoms with Crippen LogP contribution in [0.4, 0.5) is 4.39 Å². The van der Waals surface area contributed by atoms with Crippen molar-refractivity contribution in [3.63, 3.8) is 0 Å². The Morgan fingerprint density at radius 2 is 2.40 bits per heavy atom. The van der Waals surface area contributed by atoms with E-state index in [1.807, 2.05) is 13.8 Å². The highest BCUT2D eigenvalue weighted by molar-refractivity contribution is 5.83. The van der Waals surface area contributed by atoms with Gasteiger partial charge in [0.2, 0.25) is 5.91 Å². The Balaban J connectivity index is 2.63. The quantitative estimate of drug-likeness (QED) is 0.666. The molecule has 0 aromatic heterocycles. The minimum atomic E-state index is -0.585. The first kappa shape index (κ1) is 12.2. The molecule has 1 aliphatic rings. The Labute approximate surface area is 89.9 Å². The topological polar surface area (TPSA) is 29.5 Å². The molecule has 0 aliphatic carbocycles. The third kappa shape index (κ3) is 2.78. The summed E-state index contributed by atoms with van der Waals surface area (Å²) >= 11 is 0. The van der Waals surface area contributed by atoms with Gasteiger partial charge < -0.3 is 9.64 Å². The molecule has 1 amide bonds. The number of alkyl halides is 1. The molecule has 1 saturated heterocycles. The SMILES string of the molecule is C=CC(C)(C)C(=O)N1CCOC(CF)C1. The van der Waals surface area contributed by atoms with Gasteiger partial charge in [0.25, 0.3) is 0 Å². The van der Waals surface area contributed by atoms with Crippen LogP contribution in [0.1, 0.15) is 13.8 Å². The third-order valence-corrected chi connectivity index (χ3v) is 2.66. The predicted octanol–water partition coefficient (Wildman–Crippen LogP) is 1.40. The van der Waals surface area contributed by atoms with Crippen LogP contribution in [0.25, 0.3) is 0 Å². The fraction of sp³-hybridized carbons (Fsp3) is 0.727. The van der Waals surface area contributed by atoms with E-state index in [-0.39, 0.29) is 5.91 Å². The number of ether oxygens (including phenoxy) is 1. The number of halogens is 1. The van der Waals surface area contributed by atoms with E-state index in [9.17, 15) is 9.18 Å². The molecule has 1 aliphatic heterocycles. The van der Waals surface area contributed by atoms with Crippen molar-refractivity contribution in [1.29, 1.82) is 0 Å². The molecule has 0 aromatic carbocycles. The fourth-order valence-electron chi connectivity index (χ4n) is 1.49. The van der Waals surface area contributed by atoms with Crippen molar-refractivity contribution in [2.45, 2.75) is 20.0 Å². The molecule has 1 unspecified atom stereocenters. The van der Waals surface area contributed by atoms with Crippen molar-refractivity contribution in [3.05, 3.63) is 12.7 Å². The summed E-state index contributed by atoms with van der Waals surface area (Å²) in [7, 11) is 0. The number of carbonyl (C=O) groups excluding carboxylic acids is 1. The molecule has 0 aromatic rings. The van der Waals surface area contributed by atoms with Crippen LogP contribution in [0.3, 0.4) is 0 Å². The molecule has 0 N–H and O–H groups in total. The molecular formula is C11H18FNO2. The summed E-state index contributed by atoms with van der Waals surface area (Å²) in [6.45, 7) is 7.99. The first-order chi connectivity index (χ1) is 7.01. The van der Waals surface area contributed by atoms with Crippen LogP contribution in [0.2, 0.25) is 0 Å². The zero-order chi connectivity index (χ0) is 11.5. The number of morpholine rings is 1. The maximum absolute atomic E-state index is 12.4. The monoisotopic (exact) mass is 215 g/mol. The van der Waals surface area contributed by atoms with Gasteiger partial charge in [0.1, 0.15) is 12.8 Å². The zero-order valence-electron chi connectivity index (χ0n) is 9.33. The number of carbonyl (C=O) groups is 1. The molecule has 0 saturated carbocycles. The van der Waals surface area contributed by atoms with Crippen LogP contribution >= 0.6 is 0 Å². The van der Waals surface area contributed by atoms with E-state index < -0.39 is 18.2 Å². The van der Waals surface area contributed by atoms with Crippen LogP contribution in [0.15, 0.2) is 12.7 Å². The van der Waals surface area contributed by atoms with Gasteiger partial charge in [0.15, 0.2) is 0 Å². The smallest absolute Gasteiger partial charge is 0.232 e. The molecule has 1 atom stereocenters. The Bertz CT molecular complexity index is 253. The van der Waals surface area contributed by atoms with Crippen molar-refractivity contribution in [1.82, 2.24) is 4.90 Å². The van der Waals surface area contributed by atoms with Crippen molar-refractivity contribution >= 4 is 5.91 Å². The molecule has 86 valence electrons. The Kier molecular flexibility index (Phi) is 3.85. The van der Waals surface area contributed by atoms with Gasteiger partial charge in [-0.3, -0.25) is 4.79 Å². The molecule has 1 rings (SSSR count). The van der Waals surface area contributed by atoms with Crippen LogP contribution < -0.4 is 0 Å². The lowest BCUT2D eigenvalue weighted by molar-refractivity contribution is -0.146. The molecule has 15 heavy (non-hydrogen) atoms. The van der Waals surface area contributed by atoms with Gasteiger partial charge in [0, 0.05) is 13.1 Å². The summed E-state index contributed by atoms with van der Waals surface area (Å²) in [6.07, 6.45) is 1.15. The van der Waals surface area contributed by atoms with E-state index in [1.54, 1.807) is 11.0 Å². The van der Waals surface area contributed by atoms with Gasteiger partial charge >= 0.3 is 0 Å². The van der Waals surface area contributed by atoms with E-state index in [1.165, 1.54) is 0 Å². The first-order valence-electron chi connectivity index (χ1n) is 5.12. The maximum Gasteiger partial charge on any atom is 0.232 e. The number of amides is 1. The highest BCUT2D eigenvalue weighted by atomic mass is 19.1. The van der Waals surface area contributed by atoms with Crippen LogP contribution in [0.5, 0.6) is 0 Å². The van der Waals surface area contributed by atoms with E-state index >= 15 is 0 Å². The number of hydrogen-bond donors (Lipinski definition) is 0. The average molecular weight is 215 g/mol. The van der Waals surface area contributed by atoms with Crippen molar-refractivity contribution in [2.75, 3.05) is 26.4 Å². The second-order valence-corrected chi connectivity index (χ2v) is 4.32. The van der Waals surface area contributed by atoms with Crippen molar-refractivity contribution in [3.8, 4) is 0 Å². The lowest BCUT2D eigenvalue weighted by Crippen LogP contribution is -2.50. The molecule has 4 heteroatoms. The largest absolute Gasteiger partial charge is 0.372 e. The molecule has 0 spiro atoms. The molecular weight excluding hydrogens is 197 g/mol. The standard InChI is InChI=1S/C11H18FNO2/c1-4-11(2,3)10(14)13-5-6-15-9(7-12)8-13/h4,9H,1,5-8H2,2-3H3. The number of rotatable bonds is 3. The lowest BCUT2D eigenvalue weighted by Gasteiger charge is -2.35. The Morgan fingerprint density at radius 3 is 2.93 bits per heavy atom. The van der Waals surface area contributed by atoms with Gasteiger partial charge in [-0.15, -0.1) is 6.58 Å². The zero-order valence-corrected chi connectivity index (χ0v) is 9.33. The summed E-state index contributed by atoms with van der Waals surface area (Å²) < 4.78 is 17.6. The molecule has 1 heterocycles. The van der Waals surface area contributed by atoms with Gasteiger partial charge in [-0.05, 0) is 13.8 Å². The second-order valence-electron chi connectivity index (χ2n) is 4.32. The summed E-state index contributed by atoms with van der Waals surface area (Å²) in [5.74, 6) is -0.0146. The Morgan fingerprint density at radius 1 is 1.73 bits per heavy atom. The molecule has 1 fully saturated rings. The molecule has 0 bridgehead atoms. The molecule has 0 radical (unpaired) electrons. The molecule has 3 nitrogen and oxygen atoms in total. The average Bonchev–Trinajstić information content (AvgIpc) is 2.28. The minimum absolute atomic E-state index is 0.0146. The van der Waals surface area contributed by atoms with E-state index in [0.29, 0.717) is 19.7 Å². The van der Waals surface area contributed by atoms with Gasteiger partial charge in [-0.25, -0.2) is 4.39 Å². The summed E-state index contributed by atoms with van der Waals surface area (Å²) in [5, 5.41) is 0. The van der Waals surface area contributed by atoms with Crippen molar-refractivity contribution in [2.24, 2.45) is 5.41 Å².